The van der Waals surface area contributed by atoms with E-state index >= 15 is 0 Å². The molecule has 8 nitrogen and oxygen atoms in total. The highest BCUT2D eigenvalue weighted by molar-refractivity contribution is 7.91. The van der Waals surface area contributed by atoms with Crippen LogP contribution in [0.1, 0.15) is 0 Å². The molecule has 0 radical (unpaired) electrons. The van der Waals surface area contributed by atoms with E-state index in [-0.39, 0.29) is 29.0 Å². The van der Waals surface area contributed by atoms with Crippen molar-refractivity contribution in [3.8, 4) is 6.01 Å². The maximum absolute atomic E-state index is 12.2. The van der Waals surface area contributed by atoms with Gasteiger partial charge in [0.1, 0.15) is 12.3 Å². The van der Waals surface area contributed by atoms with Gasteiger partial charge in [0.15, 0.2) is 9.84 Å². The molecule has 0 N–H and O–H groups in total. The Hall–Kier alpha value is -2.42. The number of benzene rings is 1. The molecule has 0 fully saturated rings. The van der Waals surface area contributed by atoms with Gasteiger partial charge in [-0.2, -0.15) is 0 Å². The summed E-state index contributed by atoms with van der Waals surface area (Å²) in [5, 5.41) is 10.6. The average Bonchev–Trinajstić information content (AvgIpc) is 2.97. The predicted molar refractivity (Wildman–Crippen MR) is 71.8 cm³/mol. The number of aromatic nitrogens is 2. The second-order valence-corrected chi connectivity index (χ2v) is 6.66. The molecule has 3 rings (SSSR count). The largest absolute Gasteiger partial charge is 0.439 e. The minimum atomic E-state index is -3.47. The third-order valence-electron chi connectivity index (χ3n) is 3.09. The number of hydrogen-bond acceptors (Lipinski definition) is 6. The smallest absolute Gasteiger partial charge is 0.414 e. The van der Waals surface area contributed by atoms with Gasteiger partial charge in [0.05, 0.1) is 17.2 Å². The molecule has 2 heterocycles. The number of nitrogens with zero attached hydrogens (tertiary/aromatic N) is 3. The van der Waals surface area contributed by atoms with Crippen molar-refractivity contribution in [2.75, 3.05) is 5.75 Å². The van der Waals surface area contributed by atoms with E-state index in [4.69, 9.17) is 4.74 Å². The minimum absolute atomic E-state index is 0.0787. The molecular weight excluding hydrogens is 298 g/mol. The van der Waals surface area contributed by atoms with Crippen molar-refractivity contribution in [1.82, 2.24) is 9.55 Å². The molecule has 0 spiro atoms. The molecule has 0 saturated carbocycles. The summed E-state index contributed by atoms with van der Waals surface area (Å²) in [6.07, 6.45) is 0.642. The first-order valence-electron chi connectivity index (χ1n) is 6.12. The fourth-order valence-corrected chi connectivity index (χ4v) is 3.59. The lowest BCUT2D eigenvalue weighted by Gasteiger charge is -2.09. The number of fused-ring (bicyclic) bond motifs is 1. The van der Waals surface area contributed by atoms with Crippen molar-refractivity contribution in [3.05, 3.63) is 46.6 Å². The van der Waals surface area contributed by atoms with E-state index in [1.54, 1.807) is 18.2 Å². The van der Waals surface area contributed by atoms with E-state index in [2.05, 4.69) is 4.98 Å². The monoisotopic (exact) mass is 309 g/mol. The normalized spacial score (nSPS) is 17.2. The van der Waals surface area contributed by atoms with Gasteiger partial charge < -0.3 is 14.9 Å². The zero-order valence-corrected chi connectivity index (χ0v) is 11.6. The van der Waals surface area contributed by atoms with Crippen molar-refractivity contribution < 1.29 is 18.1 Å². The lowest BCUT2D eigenvalue weighted by atomic mass is 10.4. The van der Waals surface area contributed by atoms with Gasteiger partial charge in [-0.1, -0.05) is 18.2 Å². The Morgan fingerprint density at radius 2 is 2.10 bits per heavy atom. The van der Waals surface area contributed by atoms with E-state index in [1.165, 1.54) is 22.9 Å². The summed E-state index contributed by atoms with van der Waals surface area (Å²) in [6.45, 7) is 0.224. The summed E-state index contributed by atoms with van der Waals surface area (Å²) in [5.41, 5.74) is 0. The number of hydrogen-bond donors (Lipinski definition) is 0. The van der Waals surface area contributed by atoms with Crippen LogP contribution in [-0.4, -0.2) is 34.7 Å². The molecule has 1 atom stereocenters. The van der Waals surface area contributed by atoms with Gasteiger partial charge in [-0.25, -0.2) is 8.42 Å². The maximum Gasteiger partial charge on any atom is 0.414 e. The maximum atomic E-state index is 12.2. The molecular formula is C12H11N3O5S. The van der Waals surface area contributed by atoms with Crippen LogP contribution in [0.5, 0.6) is 6.01 Å². The molecule has 2 aromatic rings. The summed E-state index contributed by atoms with van der Waals surface area (Å²) in [5.74, 6) is -0.511. The third-order valence-corrected chi connectivity index (χ3v) is 4.90. The number of rotatable bonds is 4. The van der Waals surface area contributed by atoms with Crippen LogP contribution in [0.4, 0.5) is 5.82 Å². The average molecular weight is 309 g/mol. The number of imidazole rings is 1. The Kier molecular flexibility index (Phi) is 3.13. The van der Waals surface area contributed by atoms with Gasteiger partial charge in [0.2, 0.25) is 0 Å². The zero-order valence-electron chi connectivity index (χ0n) is 10.7. The Labute approximate surface area is 120 Å². The molecule has 0 bridgehead atoms. The first-order chi connectivity index (χ1) is 9.95. The first-order valence-corrected chi connectivity index (χ1v) is 7.77. The van der Waals surface area contributed by atoms with Gasteiger partial charge in [-0.15, -0.1) is 0 Å². The second-order valence-electron chi connectivity index (χ2n) is 4.63. The van der Waals surface area contributed by atoms with E-state index in [0.29, 0.717) is 0 Å². The predicted octanol–water partition coefficient (Wildman–Crippen LogP) is 1.03. The molecule has 1 aliphatic rings. The first kappa shape index (κ1) is 13.6. The van der Waals surface area contributed by atoms with Crippen LogP contribution in [0.2, 0.25) is 0 Å². The summed E-state index contributed by atoms with van der Waals surface area (Å²) < 4.78 is 31.2. The van der Waals surface area contributed by atoms with E-state index in [9.17, 15) is 18.5 Å². The van der Waals surface area contributed by atoms with Crippen LogP contribution in [0.15, 0.2) is 41.4 Å². The Morgan fingerprint density at radius 1 is 1.38 bits per heavy atom. The van der Waals surface area contributed by atoms with Gasteiger partial charge in [-0.05, 0) is 17.1 Å². The van der Waals surface area contributed by atoms with Gasteiger partial charge >= 0.3 is 11.8 Å². The Balaban J connectivity index is 1.74. The Morgan fingerprint density at radius 3 is 2.71 bits per heavy atom. The molecule has 1 unspecified atom stereocenters. The van der Waals surface area contributed by atoms with Crippen molar-refractivity contribution in [1.29, 1.82) is 0 Å². The van der Waals surface area contributed by atoms with Gasteiger partial charge in [0.25, 0.3) is 0 Å². The summed E-state index contributed by atoms with van der Waals surface area (Å²) in [7, 11) is -3.47. The quantitative estimate of drug-likeness (QED) is 0.617. The topological polar surface area (TPSA) is 104 Å². The lowest BCUT2D eigenvalue weighted by Crippen LogP contribution is -2.26. The van der Waals surface area contributed by atoms with Crippen molar-refractivity contribution in [2.45, 2.75) is 17.5 Å². The van der Waals surface area contributed by atoms with Crippen molar-refractivity contribution in [2.24, 2.45) is 0 Å². The van der Waals surface area contributed by atoms with Crippen LogP contribution in [-0.2, 0) is 16.4 Å². The van der Waals surface area contributed by atoms with Crippen molar-refractivity contribution in [3.63, 3.8) is 0 Å². The van der Waals surface area contributed by atoms with Crippen LogP contribution < -0.4 is 4.74 Å². The van der Waals surface area contributed by atoms with E-state index < -0.39 is 20.9 Å². The molecule has 0 aliphatic carbocycles. The summed E-state index contributed by atoms with van der Waals surface area (Å²) in [4.78, 5) is 13.9. The molecule has 0 saturated heterocycles. The highest BCUT2D eigenvalue weighted by Gasteiger charge is 2.34. The highest BCUT2D eigenvalue weighted by atomic mass is 32.2. The van der Waals surface area contributed by atoms with Crippen LogP contribution >= 0.6 is 0 Å². The zero-order chi connectivity index (χ0) is 15.0. The Bertz CT molecular complexity index is 761. The van der Waals surface area contributed by atoms with Crippen LogP contribution in [0.25, 0.3) is 0 Å². The van der Waals surface area contributed by atoms with Gasteiger partial charge in [-0.3, -0.25) is 4.57 Å². The van der Waals surface area contributed by atoms with Crippen LogP contribution in [0.3, 0.4) is 0 Å². The molecule has 110 valence electrons. The number of ether oxygens (including phenoxy) is 1. The van der Waals surface area contributed by atoms with E-state index in [1.807, 2.05) is 0 Å². The molecule has 1 aromatic carbocycles. The molecule has 1 aromatic heterocycles. The lowest BCUT2D eigenvalue weighted by molar-refractivity contribution is -0.389. The number of sulfone groups is 1. The molecule has 1 aliphatic heterocycles. The highest BCUT2D eigenvalue weighted by Crippen LogP contribution is 2.26. The van der Waals surface area contributed by atoms with E-state index in [0.717, 1.165) is 0 Å². The standard InChI is InChI=1S/C12H11N3O5S/c16-15(17)11-7-14-6-9(20-12(14)13-11)8-21(18,19)10-4-2-1-3-5-10/h1-5,7,9H,6,8H2. The molecule has 21 heavy (non-hydrogen) atoms. The SMILES string of the molecule is O=[N+]([O-])c1cn2c(n1)OC(CS(=O)(=O)c1ccccc1)C2. The summed E-state index contributed by atoms with van der Waals surface area (Å²) in [6, 6.07) is 8.16. The third kappa shape index (κ3) is 2.59. The molecule has 9 heteroatoms. The second kappa shape index (κ2) is 4.85. The number of nitro groups is 1. The fraction of sp³-hybridized carbons (Fsp3) is 0.250. The summed E-state index contributed by atoms with van der Waals surface area (Å²) >= 11 is 0. The van der Waals surface area contributed by atoms with Gasteiger partial charge in [0, 0.05) is 4.98 Å². The molecule has 0 amide bonds. The fourth-order valence-electron chi connectivity index (χ4n) is 2.16. The minimum Gasteiger partial charge on any atom is -0.439 e. The van der Waals surface area contributed by atoms with Crippen LogP contribution in [0, 0.1) is 10.1 Å². The van der Waals surface area contributed by atoms with Crippen molar-refractivity contribution >= 4 is 15.7 Å².